The SMILES string of the molecule is CCN1c2ncc(CCOc3ccc(-c4cc(C)cnc4N)cc3C)cc2C(=O)N(C)c2cccnc21. The fourth-order valence-corrected chi connectivity index (χ4v) is 4.63. The Morgan fingerprint density at radius 3 is 2.59 bits per heavy atom. The summed E-state index contributed by atoms with van der Waals surface area (Å²) in [5.41, 5.74) is 12.3. The van der Waals surface area contributed by atoms with Gasteiger partial charge in [0, 0.05) is 44.2 Å². The fourth-order valence-electron chi connectivity index (χ4n) is 4.63. The number of nitrogens with zero attached hydrogens (tertiary/aromatic N) is 5. The maximum absolute atomic E-state index is 13.3. The summed E-state index contributed by atoms with van der Waals surface area (Å²) in [6.07, 6.45) is 5.93. The number of carbonyl (C=O) groups excluding carboxylic acids is 1. The van der Waals surface area contributed by atoms with Gasteiger partial charge in [0.05, 0.1) is 17.9 Å². The molecule has 8 nitrogen and oxygen atoms in total. The van der Waals surface area contributed by atoms with Gasteiger partial charge < -0.3 is 20.3 Å². The number of fused-ring (bicyclic) bond motifs is 2. The van der Waals surface area contributed by atoms with Gasteiger partial charge in [0.1, 0.15) is 17.4 Å². The molecule has 1 aromatic carbocycles. The lowest BCUT2D eigenvalue weighted by atomic mass is 10.0. The van der Waals surface area contributed by atoms with Crippen LogP contribution in [-0.4, -0.2) is 41.1 Å². The third-order valence-corrected chi connectivity index (χ3v) is 6.60. The molecule has 2 N–H and O–H groups in total. The van der Waals surface area contributed by atoms with Gasteiger partial charge in [-0.1, -0.05) is 6.07 Å². The van der Waals surface area contributed by atoms with E-state index in [2.05, 4.69) is 21.0 Å². The average Bonchev–Trinajstić information content (AvgIpc) is 2.99. The Balaban J connectivity index is 1.33. The van der Waals surface area contributed by atoms with Gasteiger partial charge in [-0.05, 0) is 79.4 Å². The second-order valence-electron chi connectivity index (χ2n) is 9.19. The Labute approximate surface area is 216 Å². The highest BCUT2D eigenvalue weighted by atomic mass is 16.5. The number of benzene rings is 1. The van der Waals surface area contributed by atoms with Crippen molar-refractivity contribution in [2.24, 2.45) is 0 Å². The zero-order valence-corrected chi connectivity index (χ0v) is 21.5. The van der Waals surface area contributed by atoms with Gasteiger partial charge in [0.2, 0.25) is 0 Å². The van der Waals surface area contributed by atoms with Crippen LogP contribution in [0.15, 0.2) is 61.1 Å². The number of rotatable bonds is 6. The van der Waals surface area contributed by atoms with Crippen molar-refractivity contribution in [3.05, 3.63) is 83.3 Å². The maximum Gasteiger partial charge on any atom is 0.261 e. The van der Waals surface area contributed by atoms with E-state index in [4.69, 9.17) is 10.5 Å². The predicted molar refractivity (Wildman–Crippen MR) is 147 cm³/mol. The standard InChI is InChI=1S/C29H30N6O2/c1-5-35-27-23(29(36)34(4)24-7-6-11-31-28(24)35)15-20(17-33-27)10-12-37-25-9-8-21(14-19(25)3)22-13-18(2)16-32-26(22)30/h6-9,11,13-17H,5,10,12H2,1-4H3,(H2,30,32). The zero-order valence-electron chi connectivity index (χ0n) is 21.5. The fraction of sp³-hybridized carbons (Fsp3) is 0.241. The molecule has 0 spiro atoms. The Morgan fingerprint density at radius 1 is 0.973 bits per heavy atom. The van der Waals surface area contributed by atoms with Crippen LogP contribution in [-0.2, 0) is 6.42 Å². The van der Waals surface area contributed by atoms with Gasteiger partial charge in [0.15, 0.2) is 5.82 Å². The van der Waals surface area contributed by atoms with Crippen molar-refractivity contribution in [2.45, 2.75) is 27.2 Å². The van der Waals surface area contributed by atoms with Gasteiger partial charge >= 0.3 is 0 Å². The number of aryl methyl sites for hydroxylation is 2. The number of nitrogens with two attached hydrogens (primary N) is 1. The summed E-state index contributed by atoms with van der Waals surface area (Å²) in [5, 5.41) is 0. The Kier molecular flexibility index (Phi) is 6.48. The summed E-state index contributed by atoms with van der Waals surface area (Å²) in [4.78, 5) is 30.4. The van der Waals surface area contributed by atoms with Gasteiger partial charge in [-0.25, -0.2) is 15.0 Å². The third kappa shape index (κ3) is 4.58. The molecule has 0 saturated heterocycles. The second-order valence-corrected chi connectivity index (χ2v) is 9.19. The van der Waals surface area contributed by atoms with E-state index in [1.807, 2.05) is 68.3 Å². The van der Waals surface area contributed by atoms with E-state index < -0.39 is 0 Å². The number of ether oxygens (including phenoxy) is 1. The Morgan fingerprint density at radius 2 is 1.81 bits per heavy atom. The molecule has 0 bridgehead atoms. The van der Waals surface area contributed by atoms with Crippen molar-refractivity contribution in [1.82, 2.24) is 15.0 Å². The number of hydrogen-bond acceptors (Lipinski definition) is 7. The highest BCUT2D eigenvalue weighted by molar-refractivity contribution is 6.12. The third-order valence-electron chi connectivity index (χ3n) is 6.60. The molecule has 37 heavy (non-hydrogen) atoms. The molecule has 0 unspecified atom stereocenters. The van der Waals surface area contributed by atoms with Gasteiger partial charge in [-0.15, -0.1) is 0 Å². The van der Waals surface area contributed by atoms with E-state index in [1.54, 1.807) is 24.3 Å². The molecule has 0 atom stereocenters. The van der Waals surface area contributed by atoms with Crippen LogP contribution in [0.4, 0.5) is 23.1 Å². The minimum atomic E-state index is -0.105. The number of amides is 1. The summed E-state index contributed by atoms with van der Waals surface area (Å²) in [5.74, 6) is 2.56. The van der Waals surface area contributed by atoms with Crippen LogP contribution in [0.1, 0.15) is 34.0 Å². The topological polar surface area (TPSA) is 97.5 Å². The van der Waals surface area contributed by atoms with Crippen LogP contribution in [0.5, 0.6) is 5.75 Å². The molecular formula is C29H30N6O2. The van der Waals surface area contributed by atoms with Crippen molar-refractivity contribution in [3.8, 4) is 16.9 Å². The number of pyridine rings is 3. The highest BCUT2D eigenvalue weighted by Crippen LogP contribution is 2.37. The van der Waals surface area contributed by atoms with Crippen LogP contribution in [0.25, 0.3) is 11.1 Å². The molecule has 1 amide bonds. The lowest BCUT2D eigenvalue weighted by Gasteiger charge is -2.22. The number of nitrogen functional groups attached to an aromatic ring is 1. The summed E-state index contributed by atoms with van der Waals surface area (Å²) >= 11 is 0. The summed E-state index contributed by atoms with van der Waals surface area (Å²) < 4.78 is 6.10. The minimum absolute atomic E-state index is 0.105. The number of carbonyl (C=O) groups is 1. The first-order valence-corrected chi connectivity index (χ1v) is 12.3. The molecule has 0 fully saturated rings. The van der Waals surface area contributed by atoms with E-state index in [0.29, 0.717) is 36.8 Å². The lowest BCUT2D eigenvalue weighted by Crippen LogP contribution is -2.25. The molecule has 5 rings (SSSR count). The maximum atomic E-state index is 13.3. The van der Waals surface area contributed by atoms with Crippen molar-refractivity contribution in [1.29, 1.82) is 0 Å². The Bertz CT molecular complexity index is 1490. The van der Waals surface area contributed by atoms with E-state index in [0.717, 1.165) is 45.1 Å². The van der Waals surface area contributed by atoms with Crippen LogP contribution in [0.3, 0.4) is 0 Å². The van der Waals surface area contributed by atoms with Crippen LogP contribution in [0, 0.1) is 13.8 Å². The Hall–Kier alpha value is -4.46. The number of hydrogen-bond donors (Lipinski definition) is 1. The van der Waals surface area contributed by atoms with Gasteiger partial charge in [0.25, 0.3) is 5.91 Å². The second kappa shape index (κ2) is 9.89. The molecule has 0 aliphatic carbocycles. The first-order chi connectivity index (χ1) is 17.9. The quantitative estimate of drug-likeness (QED) is 0.398. The van der Waals surface area contributed by atoms with Gasteiger partial charge in [-0.2, -0.15) is 0 Å². The summed E-state index contributed by atoms with van der Waals surface area (Å²) in [7, 11) is 1.77. The molecule has 1 aliphatic rings. The molecular weight excluding hydrogens is 464 g/mol. The molecule has 1 aliphatic heterocycles. The molecule has 0 radical (unpaired) electrons. The summed E-state index contributed by atoms with van der Waals surface area (Å²) in [6, 6.07) is 13.7. The largest absolute Gasteiger partial charge is 0.493 e. The lowest BCUT2D eigenvalue weighted by molar-refractivity contribution is 0.0994. The zero-order chi connectivity index (χ0) is 26.1. The van der Waals surface area contributed by atoms with Crippen molar-refractivity contribution < 1.29 is 9.53 Å². The molecule has 3 aromatic heterocycles. The van der Waals surface area contributed by atoms with E-state index in [-0.39, 0.29) is 5.91 Å². The number of anilines is 4. The normalized spacial score (nSPS) is 12.7. The van der Waals surface area contributed by atoms with Crippen LogP contribution >= 0.6 is 0 Å². The van der Waals surface area contributed by atoms with Crippen molar-refractivity contribution in [3.63, 3.8) is 0 Å². The molecule has 8 heteroatoms. The monoisotopic (exact) mass is 494 g/mol. The summed E-state index contributed by atoms with van der Waals surface area (Å²) in [6.45, 7) is 7.14. The van der Waals surface area contributed by atoms with Crippen LogP contribution < -0.4 is 20.3 Å². The molecule has 0 saturated carbocycles. The van der Waals surface area contributed by atoms with E-state index in [9.17, 15) is 4.79 Å². The predicted octanol–water partition coefficient (Wildman–Crippen LogP) is 5.11. The first-order valence-electron chi connectivity index (χ1n) is 12.3. The van der Waals surface area contributed by atoms with Crippen LogP contribution in [0.2, 0.25) is 0 Å². The molecule has 188 valence electrons. The minimum Gasteiger partial charge on any atom is -0.493 e. The molecule has 4 aromatic rings. The average molecular weight is 495 g/mol. The smallest absolute Gasteiger partial charge is 0.261 e. The highest BCUT2D eigenvalue weighted by Gasteiger charge is 2.30. The molecule has 4 heterocycles. The first kappa shape index (κ1) is 24.2. The van der Waals surface area contributed by atoms with E-state index >= 15 is 0 Å². The van der Waals surface area contributed by atoms with Crippen molar-refractivity contribution in [2.75, 3.05) is 35.7 Å². The van der Waals surface area contributed by atoms with Crippen molar-refractivity contribution >= 4 is 29.0 Å². The number of aromatic nitrogens is 3. The van der Waals surface area contributed by atoms with Gasteiger partial charge in [-0.3, -0.25) is 4.79 Å². The van der Waals surface area contributed by atoms with E-state index in [1.165, 1.54) is 0 Å².